The van der Waals surface area contributed by atoms with Gasteiger partial charge in [-0.2, -0.15) is 0 Å². The van der Waals surface area contributed by atoms with Gasteiger partial charge < -0.3 is 9.67 Å². The van der Waals surface area contributed by atoms with Crippen molar-refractivity contribution in [1.82, 2.24) is 14.5 Å². The lowest BCUT2D eigenvalue weighted by Crippen LogP contribution is -2.49. The highest BCUT2D eigenvalue weighted by Gasteiger charge is 2.32. The van der Waals surface area contributed by atoms with E-state index in [-0.39, 0.29) is 11.7 Å². The predicted molar refractivity (Wildman–Crippen MR) is 106 cm³/mol. The van der Waals surface area contributed by atoms with E-state index >= 15 is 0 Å². The van der Waals surface area contributed by atoms with Crippen molar-refractivity contribution in [3.63, 3.8) is 0 Å². The first-order chi connectivity index (χ1) is 13.0. The number of carboxylic acid groups (broad SMARTS) is 1. The number of allylic oxidation sites excluding steroid dienone is 1. The molecular weight excluding hydrogens is 345 g/mol. The Hall–Kier alpha value is -2.73. The second-order valence-corrected chi connectivity index (χ2v) is 6.12. The SMILES string of the molecule is C=Cn1cc(-c2ccc(CN3CC(C(=O)O)C3)cc2F)nc1/C=C\C.CC. The Bertz CT molecular complexity index is 836. The van der Waals surface area contributed by atoms with E-state index < -0.39 is 5.97 Å². The molecule has 0 radical (unpaired) electrons. The minimum absolute atomic E-state index is 0.308. The highest BCUT2D eigenvalue weighted by atomic mass is 19.1. The van der Waals surface area contributed by atoms with E-state index in [4.69, 9.17) is 5.11 Å². The maximum atomic E-state index is 14.5. The fraction of sp³-hybridized carbons (Fsp3) is 0.333. The molecule has 2 heterocycles. The molecule has 1 saturated heterocycles. The highest BCUT2D eigenvalue weighted by Crippen LogP contribution is 2.25. The molecule has 5 nitrogen and oxygen atoms in total. The van der Waals surface area contributed by atoms with Gasteiger partial charge in [-0.05, 0) is 30.7 Å². The van der Waals surface area contributed by atoms with Gasteiger partial charge in [0.1, 0.15) is 11.6 Å². The van der Waals surface area contributed by atoms with Gasteiger partial charge in [0.25, 0.3) is 0 Å². The third-order valence-electron chi connectivity index (χ3n) is 4.30. The number of nitrogens with zero attached hydrogens (tertiary/aromatic N) is 3. The van der Waals surface area contributed by atoms with Crippen LogP contribution in [0.2, 0.25) is 0 Å². The largest absolute Gasteiger partial charge is 0.481 e. The molecule has 1 aliphatic heterocycles. The van der Waals surface area contributed by atoms with Crippen LogP contribution in [-0.2, 0) is 11.3 Å². The third-order valence-corrected chi connectivity index (χ3v) is 4.30. The van der Waals surface area contributed by atoms with Crippen molar-refractivity contribution in [3.8, 4) is 11.3 Å². The molecule has 0 spiro atoms. The molecule has 0 aliphatic carbocycles. The summed E-state index contributed by atoms with van der Waals surface area (Å²) in [5.74, 6) is -0.727. The number of hydrogen-bond donors (Lipinski definition) is 1. The molecular formula is C21H26FN3O2. The zero-order valence-corrected chi connectivity index (χ0v) is 16.0. The third kappa shape index (κ3) is 4.71. The van der Waals surface area contributed by atoms with Gasteiger partial charge in [-0.15, -0.1) is 0 Å². The van der Waals surface area contributed by atoms with Crippen LogP contribution in [0.1, 0.15) is 32.2 Å². The molecule has 144 valence electrons. The average Bonchev–Trinajstić information content (AvgIpc) is 3.02. The summed E-state index contributed by atoms with van der Waals surface area (Å²) < 4.78 is 16.3. The van der Waals surface area contributed by atoms with E-state index in [1.165, 1.54) is 6.07 Å². The van der Waals surface area contributed by atoms with Crippen molar-refractivity contribution < 1.29 is 14.3 Å². The lowest BCUT2D eigenvalue weighted by atomic mass is 9.99. The van der Waals surface area contributed by atoms with Crippen LogP contribution in [0.3, 0.4) is 0 Å². The first-order valence-electron chi connectivity index (χ1n) is 9.10. The number of carboxylic acids is 1. The first-order valence-corrected chi connectivity index (χ1v) is 9.10. The number of aliphatic carboxylic acids is 1. The number of imidazole rings is 1. The van der Waals surface area contributed by atoms with Crippen LogP contribution in [0.4, 0.5) is 4.39 Å². The van der Waals surface area contributed by atoms with Crippen LogP contribution < -0.4 is 0 Å². The summed E-state index contributed by atoms with van der Waals surface area (Å²) in [4.78, 5) is 17.3. The van der Waals surface area contributed by atoms with E-state index in [9.17, 15) is 9.18 Å². The molecule has 0 amide bonds. The Labute approximate surface area is 159 Å². The molecule has 0 atom stereocenters. The molecule has 1 aromatic carbocycles. The van der Waals surface area contributed by atoms with E-state index in [1.807, 2.05) is 43.9 Å². The van der Waals surface area contributed by atoms with Crippen LogP contribution in [0.5, 0.6) is 0 Å². The Morgan fingerprint density at radius 3 is 2.67 bits per heavy atom. The smallest absolute Gasteiger partial charge is 0.309 e. The number of benzene rings is 1. The molecule has 1 N–H and O–H groups in total. The van der Waals surface area contributed by atoms with Crippen molar-refractivity contribution >= 4 is 18.2 Å². The maximum Gasteiger partial charge on any atom is 0.309 e. The second-order valence-electron chi connectivity index (χ2n) is 6.12. The van der Waals surface area contributed by atoms with Gasteiger partial charge in [0.2, 0.25) is 0 Å². The number of hydrogen-bond acceptors (Lipinski definition) is 3. The number of rotatable bonds is 6. The molecule has 1 aromatic heterocycles. The highest BCUT2D eigenvalue weighted by molar-refractivity contribution is 5.71. The molecule has 6 heteroatoms. The van der Waals surface area contributed by atoms with Gasteiger partial charge in [-0.25, -0.2) is 9.37 Å². The molecule has 0 bridgehead atoms. The summed E-state index contributed by atoms with van der Waals surface area (Å²) in [7, 11) is 0. The van der Waals surface area contributed by atoms with E-state index in [1.54, 1.807) is 23.0 Å². The number of halogens is 1. The summed E-state index contributed by atoms with van der Waals surface area (Å²) in [6, 6.07) is 5.06. The number of carbonyl (C=O) groups is 1. The van der Waals surface area contributed by atoms with Crippen LogP contribution >= 0.6 is 0 Å². The van der Waals surface area contributed by atoms with Crippen LogP contribution in [0.15, 0.2) is 37.1 Å². The van der Waals surface area contributed by atoms with Crippen LogP contribution in [-0.4, -0.2) is 38.6 Å². The molecule has 0 saturated carbocycles. The summed E-state index contributed by atoms with van der Waals surface area (Å²) in [6.07, 6.45) is 7.07. The molecule has 2 aromatic rings. The Morgan fingerprint density at radius 1 is 1.41 bits per heavy atom. The number of aromatic nitrogens is 2. The summed E-state index contributed by atoms with van der Waals surface area (Å²) in [6.45, 7) is 11.2. The van der Waals surface area contributed by atoms with E-state index in [0.29, 0.717) is 36.7 Å². The molecule has 0 unspecified atom stereocenters. The van der Waals surface area contributed by atoms with Crippen molar-refractivity contribution in [2.24, 2.45) is 5.92 Å². The van der Waals surface area contributed by atoms with Crippen molar-refractivity contribution in [2.45, 2.75) is 27.3 Å². The molecule has 3 rings (SSSR count). The fourth-order valence-electron chi connectivity index (χ4n) is 2.93. The predicted octanol–water partition coefficient (Wildman–Crippen LogP) is 4.37. The minimum Gasteiger partial charge on any atom is -0.481 e. The Kier molecular flexibility index (Phi) is 7.07. The average molecular weight is 371 g/mol. The topological polar surface area (TPSA) is 58.4 Å². The first kappa shape index (κ1) is 20.6. The second kappa shape index (κ2) is 9.28. The van der Waals surface area contributed by atoms with E-state index in [0.717, 1.165) is 5.56 Å². The van der Waals surface area contributed by atoms with Crippen LogP contribution in [0.25, 0.3) is 23.5 Å². The van der Waals surface area contributed by atoms with Crippen LogP contribution in [0, 0.1) is 11.7 Å². The standard InChI is InChI=1S/C19H20FN3O2.C2H6/c1-3-5-18-21-17(12-23(18)4-2)15-7-6-13(8-16(15)20)9-22-10-14(11-22)19(24)25;1-2/h3-8,12,14H,2,9-11H2,1H3,(H,24,25);1-2H3/b5-3-;. The quantitative estimate of drug-likeness (QED) is 0.819. The van der Waals surface area contributed by atoms with Crippen molar-refractivity contribution in [1.29, 1.82) is 0 Å². The van der Waals surface area contributed by atoms with Crippen molar-refractivity contribution in [2.75, 3.05) is 13.1 Å². The summed E-state index contributed by atoms with van der Waals surface area (Å²) in [5.41, 5.74) is 1.80. The molecule has 1 fully saturated rings. The zero-order chi connectivity index (χ0) is 20.0. The lowest BCUT2D eigenvalue weighted by molar-refractivity contribution is -0.147. The number of likely N-dealkylation sites (tertiary alicyclic amines) is 1. The van der Waals surface area contributed by atoms with Gasteiger partial charge in [-0.3, -0.25) is 9.69 Å². The van der Waals surface area contributed by atoms with Gasteiger partial charge in [0, 0.05) is 37.6 Å². The molecule has 1 aliphatic rings. The lowest BCUT2D eigenvalue weighted by Gasteiger charge is -2.36. The zero-order valence-electron chi connectivity index (χ0n) is 16.0. The minimum atomic E-state index is -0.771. The van der Waals surface area contributed by atoms with Gasteiger partial charge in [0.15, 0.2) is 0 Å². The normalized spacial score (nSPS) is 14.5. The van der Waals surface area contributed by atoms with Gasteiger partial charge in [0.05, 0.1) is 11.6 Å². The van der Waals surface area contributed by atoms with E-state index in [2.05, 4.69) is 11.6 Å². The summed E-state index contributed by atoms with van der Waals surface area (Å²) in [5, 5.41) is 8.90. The maximum absolute atomic E-state index is 14.5. The Morgan fingerprint density at radius 2 is 2.11 bits per heavy atom. The van der Waals surface area contributed by atoms with Gasteiger partial charge in [-0.1, -0.05) is 32.6 Å². The van der Waals surface area contributed by atoms with Crippen molar-refractivity contribution in [3.05, 3.63) is 54.3 Å². The summed E-state index contributed by atoms with van der Waals surface area (Å²) >= 11 is 0. The monoisotopic (exact) mass is 371 g/mol. The Balaban J connectivity index is 0.00000126. The molecule has 27 heavy (non-hydrogen) atoms. The fourth-order valence-corrected chi connectivity index (χ4v) is 2.93. The van der Waals surface area contributed by atoms with Gasteiger partial charge >= 0.3 is 5.97 Å².